The number of hydrogen-bond donors (Lipinski definition) is 3. The van der Waals surface area contributed by atoms with Crippen LogP contribution in [-0.4, -0.2) is 32.0 Å². The van der Waals surface area contributed by atoms with Gasteiger partial charge in [0.05, 0.1) is 6.54 Å². The van der Waals surface area contributed by atoms with E-state index in [0.717, 1.165) is 30.5 Å². The summed E-state index contributed by atoms with van der Waals surface area (Å²) in [7, 11) is 1.64. The van der Waals surface area contributed by atoms with Gasteiger partial charge in [0.1, 0.15) is 0 Å². The molecule has 1 aromatic carbocycles. The van der Waals surface area contributed by atoms with Gasteiger partial charge in [0, 0.05) is 25.7 Å². The first-order chi connectivity index (χ1) is 12.7. The Kier molecular flexibility index (Phi) is 12.1. The lowest BCUT2D eigenvalue weighted by Crippen LogP contribution is -2.37. The maximum absolute atomic E-state index is 11.6. The van der Waals surface area contributed by atoms with Crippen molar-refractivity contribution in [1.29, 1.82) is 0 Å². The first-order valence-electron chi connectivity index (χ1n) is 10.1. The molecule has 0 unspecified atom stereocenters. The van der Waals surface area contributed by atoms with Crippen LogP contribution in [0.3, 0.4) is 0 Å². The Bertz CT molecular complexity index is 568. The van der Waals surface area contributed by atoms with Gasteiger partial charge in [-0.05, 0) is 43.4 Å². The third kappa shape index (κ3) is 8.95. The van der Waals surface area contributed by atoms with Gasteiger partial charge in [0.15, 0.2) is 5.96 Å². The van der Waals surface area contributed by atoms with E-state index in [1.807, 2.05) is 24.3 Å². The second-order valence-corrected chi connectivity index (χ2v) is 7.04. The van der Waals surface area contributed by atoms with E-state index in [9.17, 15) is 4.79 Å². The van der Waals surface area contributed by atoms with Crippen LogP contribution in [0.2, 0.25) is 0 Å². The molecule has 0 saturated heterocycles. The van der Waals surface area contributed by atoms with E-state index in [-0.39, 0.29) is 29.9 Å². The third-order valence-electron chi connectivity index (χ3n) is 5.01. The molecule has 5 nitrogen and oxygen atoms in total. The lowest BCUT2D eigenvalue weighted by Gasteiger charge is -2.21. The van der Waals surface area contributed by atoms with E-state index in [0.29, 0.717) is 12.1 Å². The average molecular weight is 486 g/mol. The first kappa shape index (κ1) is 23.7. The number of guanidine groups is 1. The highest BCUT2D eigenvalue weighted by molar-refractivity contribution is 14.0. The fraction of sp³-hybridized carbons (Fsp3) is 0.619. The van der Waals surface area contributed by atoms with Crippen molar-refractivity contribution in [2.75, 3.05) is 20.1 Å². The molecule has 0 heterocycles. The molecule has 0 spiro atoms. The number of halogens is 1. The van der Waals surface area contributed by atoms with Crippen molar-refractivity contribution in [2.24, 2.45) is 10.9 Å². The molecule has 1 aliphatic rings. The number of nitrogens with zero attached hydrogens (tertiary/aromatic N) is 1. The lowest BCUT2D eigenvalue weighted by atomic mass is 9.86. The molecule has 1 amide bonds. The first-order valence-corrected chi connectivity index (χ1v) is 10.1. The number of amides is 1. The van der Waals surface area contributed by atoms with Crippen molar-refractivity contribution < 1.29 is 4.79 Å². The SMILES string of the molecule is CCNC(=NCc1ccc(C(=O)NC)cc1)NCCCC1CCCCC1.I. The predicted octanol–water partition coefficient (Wildman–Crippen LogP) is 4.08. The molecule has 0 bridgehead atoms. The van der Waals surface area contributed by atoms with Gasteiger partial charge in [-0.25, -0.2) is 4.99 Å². The van der Waals surface area contributed by atoms with Crippen LogP contribution in [0, 0.1) is 5.92 Å². The summed E-state index contributed by atoms with van der Waals surface area (Å²) in [5.74, 6) is 1.74. The minimum Gasteiger partial charge on any atom is -0.357 e. The summed E-state index contributed by atoms with van der Waals surface area (Å²) in [5, 5.41) is 9.38. The second-order valence-electron chi connectivity index (χ2n) is 7.04. The van der Waals surface area contributed by atoms with Crippen molar-refractivity contribution in [2.45, 2.75) is 58.4 Å². The zero-order valence-corrected chi connectivity index (χ0v) is 19.1. The summed E-state index contributed by atoms with van der Waals surface area (Å²) in [6.45, 7) is 4.51. The predicted molar refractivity (Wildman–Crippen MR) is 124 cm³/mol. The van der Waals surface area contributed by atoms with Gasteiger partial charge in [-0.15, -0.1) is 24.0 Å². The van der Waals surface area contributed by atoms with Crippen LogP contribution in [0.5, 0.6) is 0 Å². The summed E-state index contributed by atoms with van der Waals surface area (Å²) in [5.41, 5.74) is 1.77. The van der Waals surface area contributed by atoms with Crippen molar-refractivity contribution in [3.05, 3.63) is 35.4 Å². The topological polar surface area (TPSA) is 65.5 Å². The number of aliphatic imine (C=N–C) groups is 1. The fourth-order valence-corrected chi connectivity index (χ4v) is 3.49. The van der Waals surface area contributed by atoms with E-state index in [1.54, 1.807) is 7.05 Å². The summed E-state index contributed by atoms with van der Waals surface area (Å²) in [6, 6.07) is 7.60. The standard InChI is InChI=1S/C21H34N4O.HI/c1-3-23-21(24-15-7-10-17-8-5-4-6-9-17)25-16-18-11-13-19(14-12-18)20(26)22-2;/h11-14,17H,3-10,15-16H2,1-2H3,(H,22,26)(H2,23,24,25);1H. The lowest BCUT2D eigenvalue weighted by molar-refractivity contribution is 0.0963. The fourth-order valence-electron chi connectivity index (χ4n) is 3.49. The number of carbonyl (C=O) groups excluding carboxylic acids is 1. The molecule has 1 aliphatic carbocycles. The van der Waals surface area contributed by atoms with E-state index in [2.05, 4.69) is 27.9 Å². The van der Waals surface area contributed by atoms with Crippen LogP contribution in [0.4, 0.5) is 0 Å². The molecule has 0 aromatic heterocycles. The highest BCUT2D eigenvalue weighted by Gasteiger charge is 2.12. The highest BCUT2D eigenvalue weighted by atomic mass is 127. The van der Waals surface area contributed by atoms with Gasteiger partial charge < -0.3 is 16.0 Å². The van der Waals surface area contributed by atoms with E-state index < -0.39 is 0 Å². The molecule has 2 rings (SSSR count). The summed E-state index contributed by atoms with van der Waals surface area (Å²) >= 11 is 0. The Hall–Kier alpha value is -1.31. The van der Waals surface area contributed by atoms with Crippen molar-refractivity contribution in [3.8, 4) is 0 Å². The number of benzene rings is 1. The number of nitrogens with one attached hydrogen (secondary N) is 3. The Balaban J connectivity index is 0.00000364. The van der Waals surface area contributed by atoms with E-state index in [1.165, 1.54) is 44.9 Å². The summed E-state index contributed by atoms with van der Waals surface area (Å²) < 4.78 is 0. The molecule has 3 N–H and O–H groups in total. The smallest absolute Gasteiger partial charge is 0.251 e. The zero-order chi connectivity index (χ0) is 18.6. The Morgan fingerprint density at radius 3 is 2.44 bits per heavy atom. The van der Waals surface area contributed by atoms with Gasteiger partial charge in [-0.1, -0.05) is 44.2 Å². The van der Waals surface area contributed by atoms with Gasteiger partial charge >= 0.3 is 0 Å². The van der Waals surface area contributed by atoms with E-state index >= 15 is 0 Å². The normalized spacial score (nSPS) is 15.0. The number of rotatable bonds is 8. The average Bonchev–Trinajstić information content (AvgIpc) is 2.70. The molecule has 0 atom stereocenters. The molecule has 1 fully saturated rings. The van der Waals surface area contributed by atoms with Crippen LogP contribution in [0.15, 0.2) is 29.3 Å². The molecule has 0 radical (unpaired) electrons. The van der Waals surface area contributed by atoms with Gasteiger partial charge in [-0.3, -0.25) is 4.79 Å². The third-order valence-corrected chi connectivity index (χ3v) is 5.01. The van der Waals surface area contributed by atoms with Crippen LogP contribution < -0.4 is 16.0 Å². The Morgan fingerprint density at radius 2 is 1.81 bits per heavy atom. The number of carbonyl (C=O) groups is 1. The molecule has 6 heteroatoms. The zero-order valence-electron chi connectivity index (χ0n) is 16.7. The molecular weight excluding hydrogens is 451 g/mol. The number of hydrogen-bond acceptors (Lipinski definition) is 2. The monoisotopic (exact) mass is 486 g/mol. The molecule has 152 valence electrons. The quantitative estimate of drug-likeness (QED) is 0.225. The molecule has 1 saturated carbocycles. The van der Waals surface area contributed by atoms with Crippen molar-refractivity contribution >= 4 is 35.8 Å². The maximum atomic E-state index is 11.6. The largest absolute Gasteiger partial charge is 0.357 e. The molecule has 0 aliphatic heterocycles. The molecular formula is C21H35IN4O. The Labute approximate surface area is 181 Å². The van der Waals surface area contributed by atoms with Crippen molar-refractivity contribution in [1.82, 2.24) is 16.0 Å². The minimum atomic E-state index is -0.0620. The highest BCUT2D eigenvalue weighted by Crippen LogP contribution is 2.26. The van der Waals surface area contributed by atoms with Crippen LogP contribution >= 0.6 is 24.0 Å². The molecule has 27 heavy (non-hydrogen) atoms. The van der Waals surface area contributed by atoms with Gasteiger partial charge in [-0.2, -0.15) is 0 Å². The van der Waals surface area contributed by atoms with Gasteiger partial charge in [0.2, 0.25) is 0 Å². The summed E-state index contributed by atoms with van der Waals surface area (Å²) in [4.78, 5) is 16.2. The van der Waals surface area contributed by atoms with Crippen LogP contribution in [0.25, 0.3) is 0 Å². The Morgan fingerprint density at radius 1 is 1.11 bits per heavy atom. The molecule has 1 aromatic rings. The van der Waals surface area contributed by atoms with Crippen LogP contribution in [0.1, 0.15) is 67.8 Å². The summed E-state index contributed by atoms with van der Waals surface area (Å²) in [6.07, 6.45) is 9.63. The maximum Gasteiger partial charge on any atom is 0.251 e. The second kappa shape index (κ2) is 13.8. The van der Waals surface area contributed by atoms with Crippen LogP contribution in [-0.2, 0) is 6.54 Å². The van der Waals surface area contributed by atoms with Crippen molar-refractivity contribution in [3.63, 3.8) is 0 Å². The minimum absolute atomic E-state index is 0. The van der Waals surface area contributed by atoms with E-state index in [4.69, 9.17) is 0 Å². The van der Waals surface area contributed by atoms with Gasteiger partial charge in [0.25, 0.3) is 5.91 Å².